The fourth-order valence-electron chi connectivity index (χ4n) is 4.43. The van der Waals surface area contributed by atoms with Crippen molar-refractivity contribution in [1.29, 1.82) is 0 Å². The Morgan fingerprint density at radius 1 is 0.633 bits per heavy atom. The predicted molar refractivity (Wildman–Crippen MR) is 122 cm³/mol. The molecule has 1 aromatic heterocycles. The van der Waals surface area contributed by atoms with Gasteiger partial charge in [-0.3, -0.25) is 0 Å². The molecular formula is C27H25N3. The summed E-state index contributed by atoms with van der Waals surface area (Å²) in [6.07, 6.45) is 0. The minimum atomic E-state index is -0.0435. The van der Waals surface area contributed by atoms with Crippen LogP contribution >= 0.6 is 0 Å². The van der Waals surface area contributed by atoms with Crippen LogP contribution in [0.5, 0.6) is 0 Å². The molecule has 148 valence electrons. The fraction of sp³-hybridized carbons (Fsp3) is 0.222. The van der Waals surface area contributed by atoms with Crippen LogP contribution in [0, 0.1) is 0 Å². The first-order valence-electron chi connectivity index (χ1n) is 10.5. The van der Waals surface area contributed by atoms with E-state index in [1.54, 1.807) is 0 Å². The van der Waals surface area contributed by atoms with Gasteiger partial charge in [0.1, 0.15) is 5.82 Å². The van der Waals surface area contributed by atoms with Gasteiger partial charge in [0.15, 0.2) is 11.6 Å². The first-order chi connectivity index (χ1) is 14.5. The Morgan fingerprint density at radius 2 is 1.27 bits per heavy atom. The molecule has 0 amide bonds. The van der Waals surface area contributed by atoms with E-state index in [1.807, 2.05) is 18.2 Å². The van der Waals surface area contributed by atoms with Crippen molar-refractivity contribution in [2.75, 3.05) is 0 Å². The number of benzene rings is 3. The molecule has 30 heavy (non-hydrogen) atoms. The third-order valence-electron chi connectivity index (χ3n) is 6.05. The Kier molecular flexibility index (Phi) is 4.28. The average Bonchev–Trinajstić information content (AvgIpc) is 3.01. The van der Waals surface area contributed by atoms with E-state index in [1.165, 1.54) is 22.3 Å². The van der Waals surface area contributed by atoms with Crippen molar-refractivity contribution in [3.05, 3.63) is 89.7 Å². The summed E-state index contributed by atoms with van der Waals surface area (Å²) in [5, 5.41) is 0. The normalized spacial score (nSPS) is 13.9. The van der Waals surface area contributed by atoms with Crippen molar-refractivity contribution in [3.8, 4) is 33.9 Å². The number of aromatic nitrogens is 3. The summed E-state index contributed by atoms with van der Waals surface area (Å²) in [7, 11) is 0. The quantitative estimate of drug-likeness (QED) is 0.393. The molecule has 0 aliphatic heterocycles. The standard InChI is InChI=1S/C27H25N3/c1-17(2)24-28-25(18-11-6-5-7-12-18)30-26(29-24)20-14-10-16-22-23(20)19-13-8-9-15-21(19)27(22,3)4/h5-17H,1-4H3. The molecule has 0 bridgehead atoms. The van der Waals surface area contributed by atoms with Gasteiger partial charge in [0.2, 0.25) is 0 Å². The van der Waals surface area contributed by atoms with Gasteiger partial charge in [0, 0.05) is 22.5 Å². The zero-order valence-corrected chi connectivity index (χ0v) is 17.8. The number of nitrogens with zero attached hydrogens (tertiary/aromatic N) is 3. The summed E-state index contributed by atoms with van der Waals surface area (Å²) in [6, 6.07) is 25.4. The highest BCUT2D eigenvalue weighted by molar-refractivity contribution is 5.91. The fourth-order valence-corrected chi connectivity index (χ4v) is 4.43. The molecule has 0 atom stereocenters. The highest BCUT2D eigenvalue weighted by Crippen LogP contribution is 2.51. The lowest BCUT2D eigenvalue weighted by Gasteiger charge is -2.21. The molecular weight excluding hydrogens is 366 g/mol. The second-order valence-corrected chi connectivity index (χ2v) is 8.76. The van der Waals surface area contributed by atoms with Crippen molar-refractivity contribution in [3.63, 3.8) is 0 Å². The van der Waals surface area contributed by atoms with E-state index in [4.69, 9.17) is 15.0 Å². The molecule has 1 aliphatic carbocycles. The maximum absolute atomic E-state index is 4.93. The van der Waals surface area contributed by atoms with E-state index >= 15 is 0 Å². The van der Waals surface area contributed by atoms with Crippen molar-refractivity contribution in [1.82, 2.24) is 15.0 Å². The monoisotopic (exact) mass is 391 g/mol. The first kappa shape index (κ1) is 18.7. The first-order valence-corrected chi connectivity index (χ1v) is 10.5. The van der Waals surface area contributed by atoms with Gasteiger partial charge in [-0.25, -0.2) is 15.0 Å². The lowest BCUT2D eigenvalue weighted by molar-refractivity contribution is 0.660. The summed E-state index contributed by atoms with van der Waals surface area (Å²) < 4.78 is 0. The number of hydrogen-bond acceptors (Lipinski definition) is 3. The van der Waals surface area contributed by atoms with Crippen LogP contribution in [0.15, 0.2) is 72.8 Å². The molecule has 0 N–H and O–H groups in total. The lowest BCUT2D eigenvalue weighted by Crippen LogP contribution is -2.14. The summed E-state index contributed by atoms with van der Waals surface area (Å²) in [5.41, 5.74) is 7.25. The molecule has 1 heterocycles. The van der Waals surface area contributed by atoms with E-state index in [9.17, 15) is 0 Å². The second-order valence-electron chi connectivity index (χ2n) is 8.76. The van der Waals surface area contributed by atoms with E-state index in [0.29, 0.717) is 0 Å². The maximum Gasteiger partial charge on any atom is 0.164 e. The van der Waals surface area contributed by atoms with Gasteiger partial charge in [-0.2, -0.15) is 0 Å². The molecule has 0 spiro atoms. The van der Waals surface area contributed by atoms with E-state index in [2.05, 4.69) is 82.3 Å². The zero-order chi connectivity index (χ0) is 20.9. The summed E-state index contributed by atoms with van der Waals surface area (Å²) >= 11 is 0. The molecule has 0 fully saturated rings. The molecule has 0 saturated carbocycles. The van der Waals surface area contributed by atoms with Gasteiger partial charge in [0.25, 0.3) is 0 Å². The van der Waals surface area contributed by atoms with Gasteiger partial charge >= 0.3 is 0 Å². The van der Waals surface area contributed by atoms with Crippen LogP contribution in [0.4, 0.5) is 0 Å². The summed E-state index contributed by atoms with van der Waals surface area (Å²) in [5.74, 6) is 2.51. The molecule has 0 radical (unpaired) electrons. The third kappa shape index (κ3) is 2.85. The van der Waals surface area contributed by atoms with Gasteiger partial charge in [0.05, 0.1) is 0 Å². The van der Waals surface area contributed by atoms with Crippen LogP contribution in [-0.4, -0.2) is 15.0 Å². The Hall–Kier alpha value is -3.33. The van der Waals surface area contributed by atoms with Crippen LogP contribution in [0.2, 0.25) is 0 Å². The molecule has 0 saturated heterocycles. The Bertz CT molecular complexity index is 1240. The van der Waals surface area contributed by atoms with Crippen LogP contribution in [0.1, 0.15) is 50.6 Å². The Morgan fingerprint density at radius 3 is 2.03 bits per heavy atom. The molecule has 1 aliphatic rings. The molecule has 3 aromatic carbocycles. The molecule has 5 rings (SSSR count). The van der Waals surface area contributed by atoms with Crippen LogP contribution in [0.3, 0.4) is 0 Å². The molecule has 4 aromatic rings. The van der Waals surface area contributed by atoms with Crippen LogP contribution in [0.25, 0.3) is 33.9 Å². The van der Waals surface area contributed by atoms with Crippen molar-refractivity contribution >= 4 is 0 Å². The molecule has 3 nitrogen and oxygen atoms in total. The Labute approximate surface area is 177 Å². The molecule has 3 heteroatoms. The summed E-state index contributed by atoms with van der Waals surface area (Å²) in [4.78, 5) is 14.6. The topological polar surface area (TPSA) is 38.7 Å². The van der Waals surface area contributed by atoms with Crippen LogP contribution in [-0.2, 0) is 5.41 Å². The Balaban J connectivity index is 1.78. The number of fused-ring (bicyclic) bond motifs is 3. The van der Waals surface area contributed by atoms with Gasteiger partial charge in [-0.1, -0.05) is 100 Å². The third-order valence-corrected chi connectivity index (χ3v) is 6.05. The molecule has 0 unspecified atom stereocenters. The minimum absolute atomic E-state index is 0.0435. The maximum atomic E-state index is 4.93. The van der Waals surface area contributed by atoms with Gasteiger partial charge < -0.3 is 0 Å². The van der Waals surface area contributed by atoms with Crippen LogP contribution < -0.4 is 0 Å². The summed E-state index contributed by atoms with van der Waals surface area (Å²) in [6.45, 7) is 8.84. The number of rotatable bonds is 3. The van der Waals surface area contributed by atoms with E-state index < -0.39 is 0 Å². The highest BCUT2D eigenvalue weighted by atomic mass is 15.0. The SMILES string of the molecule is CC(C)c1nc(-c2ccccc2)nc(-c2cccc3c2-c2ccccc2C3(C)C)n1. The smallest absolute Gasteiger partial charge is 0.164 e. The van der Waals surface area contributed by atoms with Crippen molar-refractivity contribution in [2.45, 2.75) is 39.0 Å². The highest BCUT2D eigenvalue weighted by Gasteiger charge is 2.37. The van der Waals surface area contributed by atoms with Crippen molar-refractivity contribution in [2.24, 2.45) is 0 Å². The van der Waals surface area contributed by atoms with E-state index in [0.717, 1.165) is 28.6 Å². The van der Waals surface area contributed by atoms with Gasteiger partial charge in [-0.15, -0.1) is 0 Å². The average molecular weight is 392 g/mol. The zero-order valence-electron chi connectivity index (χ0n) is 17.8. The van der Waals surface area contributed by atoms with Gasteiger partial charge in [-0.05, 0) is 22.3 Å². The van der Waals surface area contributed by atoms with Crippen molar-refractivity contribution < 1.29 is 0 Å². The predicted octanol–water partition coefficient (Wildman–Crippen LogP) is 6.64. The second kappa shape index (κ2) is 6.88. The largest absolute Gasteiger partial charge is 0.213 e. The van der Waals surface area contributed by atoms with E-state index in [-0.39, 0.29) is 11.3 Å². The number of hydrogen-bond donors (Lipinski definition) is 0. The lowest BCUT2D eigenvalue weighted by atomic mass is 9.82. The minimum Gasteiger partial charge on any atom is -0.213 e.